The molecule has 0 aliphatic rings. The minimum Gasteiger partial charge on any atom is -0.319 e. The van der Waals surface area contributed by atoms with Gasteiger partial charge in [0.1, 0.15) is 13.9 Å². The summed E-state index contributed by atoms with van der Waals surface area (Å²) in [6.07, 6.45) is 3.54. The van der Waals surface area contributed by atoms with Crippen molar-refractivity contribution in [3.8, 4) is 11.5 Å². The van der Waals surface area contributed by atoms with E-state index in [1.54, 1.807) is 6.33 Å². The Morgan fingerprint density at radius 2 is 1.30 bits per heavy atom. The van der Waals surface area contributed by atoms with Crippen molar-refractivity contribution in [1.29, 1.82) is 0 Å². The Bertz CT molecular complexity index is 2720. The standard InChI is InChI=1S/C44H33N4Si.Pt/c1-32-26-27-45-44(28-32)48-40-21-10-9-20-38(40)39-25-24-37(30-43(39)48)49(34-15-5-3-6-16-34,35-17-7-4-8-18-35)36-19-13-14-33(29-36)47-31-46(2)41-22-11-12-23-42(41)47;/h3-28,31H,1-2H3;/q-1;/i2D3;. The first-order chi connectivity index (χ1) is 25.3. The second-order valence-electron chi connectivity index (χ2n) is 12.5. The predicted molar refractivity (Wildman–Crippen MR) is 205 cm³/mol. The van der Waals surface area contributed by atoms with Crippen molar-refractivity contribution in [3.05, 3.63) is 182 Å². The SMILES string of the molecule is [2H]C([2H])([2H])n1[cH+]n(-c2[c-]c([Si](c3[c-]c4c(cc3)c3ccccc3n4-c3cc(C)ccn3)(c3ccccc3)c3ccccc3)ccc2)c2ccccc21.[Pt]. The van der Waals surface area contributed by atoms with Crippen LogP contribution in [0.15, 0.2) is 164 Å². The van der Waals surface area contributed by atoms with Gasteiger partial charge in [-0.15, -0.1) is 22.7 Å². The van der Waals surface area contributed by atoms with Crippen LogP contribution in [-0.2, 0) is 28.0 Å². The van der Waals surface area contributed by atoms with Gasteiger partial charge >= 0.3 is 0 Å². The monoisotopic (exact) mass is 843 g/mol. The van der Waals surface area contributed by atoms with Crippen LogP contribution in [0.3, 0.4) is 0 Å². The minimum absolute atomic E-state index is 0. The van der Waals surface area contributed by atoms with Crippen molar-refractivity contribution in [1.82, 2.24) is 18.7 Å². The summed E-state index contributed by atoms with van der Waals surface area (Å²) in [5.41, 5.74) is 5.36. The molecular formula is C44H33N4PtSi-. The summed E-state index contributed by atoms with van der Waals surface area (Å²) in [5, 5.41) is 6.75. The van der Waals surface area contributed by atoms with Crippen molar-refractivity contribution >= 4 is 61.7 Å². The third-order valence-electron chi connectivity index (χ3n) is 9.61. The van der Waals surface area contributed by atoms with Gasteiger partial charge < -0.3 is 4.57 Å². The van der Waals surface area contributed by atoms with Crippen LogP contribution < -0.4 is 20.7 Å². The normalized spacial score (nSPS) is 12.8. The van der Waals surface area contributed by atoms with E-state index >= 15 is 0 Å². The van der Waals surface area contributed by atoms with Crippen molar-refractivity contribution in [2.24, 2.45) is 6.98 Å². The molecule has 0 fully saturated rings. The van der Waals surface area contributed by atoms with Gasteiger partial charge in [0.25, 0.3) is 0 Å². The number of nitrogens with zero attached hydrogens (tertiary/aromatic N) is 4. The van der Waals surface area contributed by atoms with Crippen LogP contribution in [0.2, 0.25) is 0 Å². The summed E-state index contributed by atoms with van der Waals surface area (Å²) in [6.45, 7) is -0.253. The van der Waals surface area contributed by atoms with Crippen LogP contribution in [-0.4, -0.2) is 26.8 Å². The van der Waals surface area contributed by atoms with Crippen molar-refractivity contribution in [3.63, 3.8) is 0 Å². The average Bonchev–Trinajstić information content (AvgIpc) is 3.73. The molecule has 244 valence electrons. The van der Waals surface area contributed by atoms with E-state index in [0.717, 1.165) is 54.8 Å². The number of para-hydroxylation sites is 3. The van der Waals surface area contributed by atoms with Crippen LogP contribution in [0, 0.1) is 19.1 Å². The number of hydrogen-bond donors (Lipinski definition) is 0. The van der Waals surface area contributed by atoms with E-state index < -0.39 is 15.0 Å². The molecule has 0 N–H and O–H groups in total. The predicted octanol–water partition coefficient (Wildman–Crippen LogP) is 7.03. The van der Waals surface area contributed by atoms with Gasteiger partial charge in [0, 0.05) is 61.7 Å². The minimum atomic E-state index is -3.14. The molecule has 0 aliphatic carbocycles. The Labute approximate surface area is 311 Å². The van der Waals surface area contributed by atoms with E-state index in [0.29, 0.717) is 5.52 Å². The van der Waals surface area contributed by atoms with E-state index in [1.165, 1.54) is 14.9 Å². The number of hydrogen-bond acceptors (Lipinski definition) is 1. The summed E-state index contributed by atoms with van der Waals surface area (Å²) < 4.78 is 30.4. The summed E-state index contributed by atoms with van der Waals surface area (Å²) >= 11 is 0. The van der Waals surface area contributed by atoms with Gasteiger partial charge in [-0.25, -0.2) is 14.1 Å². The zero-order chi connectivity index (χ0) is 35.5. The van der Waals surface area contributed by atoms with Crippen LogP contribution in [0.5, 0.6) is 0 Å². The number of rotatable bonds is 6. The fourth-order valence-corrected chi connectivity index (χ4v) is 12.0. The number of benzene rings is 6. The summed E-state index contributed by atoms with van der Waals surface area (Å²) in [6, 6.07) is 60.3. The van der Waals surface area contributed by atoms with Gasteiger partial charge in [0.15, 0.2) is 17.4 Å². The van der Waals surface area contributed by atoms with Gasteiger partial charge in [-0.3, -0.25) is 0 Å². The van der Waals surface area contributed by atoms with Crippen LogP contribution in [0.25, 0.3) is 44.3 Å². The number of imidazole rings is 1. The third kappa shape index (κ3) is 5.00. The van der Waals surface area contributed by atoms with Crippen LogP contribution in [0.4, 0.5) is 0 Å². The fourth-order valence-electron chi connectivity index (χ4n) is 7.42. The number of aromatic nitrogens is 4. The van der Waals surface area contributed by atoms with E-state index in [4.69, 9.17) is 9.10 Å². The summed E-state index contributed by atoms with van der Waals surface area (Å²) in [4.78, 5) is 4.84. The third-order valence-corrected chi connectivity index (χ3v) is 14.2. The fraction of sp³-hybridized carbons (Fsp3) is 0.0455. The number of aryl methyl sites for hydroxylation is 2. The Morgan fingerprint density at radius 1 is 0.640 bits per heavy atom. The Balaban J connectivity index is 0.00000400. The molecule has 9 rings (SSSR count). The topological polar surface area (TPSA) is 27.7 Å². The molecule has 0 saturated heterocycles. The maximum absolute atomic E-state index is 8.28. The first-order valence-corrected chi connectivity index (χ1v) is 18.4. The van der Waals surface area contributed by atoms with E-state index in [2.05, 4.69) is 139 Å². The molecular weight excluding hydrogens is 808 g/mol. The van der Waals surface area contributed by atoms with E-state index in [9.17, 15) is 0 Å². The molecule has 6 heteroatoms. The number of pyridine rings is 1. The average molecular weight is 844 g/mol. The molecule has 0 radical (unpaired) electrons. The van der Waals surface area contributed by atoms with Gasteiger partial charge in [-0.1, -0.05) is 84.4 Å². The molecule has 0 aliphatic heterocycles. The van der Waals surface area contributed by atoms with Gasteiger partial charge in [-0.05, 0) is 58.6 Å². The quantitative estimate of drug-likeness (QED) is 0.101. The maximum Gasteiger partial charge on any atom is 0.188 e. The van der Waals surface area contributed by atoms with Crippen molar-refractivity contribution < 1.29 is 25.2 Å². The molecule has 0 saturated carbocycles. The Morgan fingerprint density at radius 3 is 2.02 bits per heavy atom. The van der Waals surface area contributed by atoms with E-state index in [-0.39, 0.29) is 21.1 Å². The molecule has 0 unspecified atom stereocenters. The van der Waals surface area contributed by atoms with E-state index in [1.807, 2.05) is 47.2 Å². The zero-order valence-corrected chi connectivity index (χ0v) is 30.5. The molecule has 0 spiro atoms. The first kappa shape index (κ1) is 28.5. The molecule has 9 aromatic rings. The molecule has 4 nitrogen and oxygen atoms in total. The maximum atomic E-state index is 8.28. The molecule has 3 heterocycles. The Hall–Kier alpha value is -5.35. The second-order valence-corrected chi connectivity index (χ2v) is 16.2. The van der Waals surface area contributed by atoms with Crippen LogP contribution in [0.1, 0.15) is 9.68 Å². The molecule has 3 aromatic heterocycles. The number of fused-ring (bicyclic) bond motifs is 4. The molecule has 6 aromatic carbocycles. The smallest absolute Gasteiger partial charge is 0.188 e. The molecule has 0 bridgehead atoms. The largest absolute Gasteiger partial charge is 0.319 e. The summed E-state index contributed by atoms with van der Waals surface area (Å²) in [5.74, 6) is 0.849. The Kier molecular flexibility index (Phi) is 7.31. The first-order valence-electron chi connectivity index (χ1n) is 17.9. The molecule has 0 atom stereocenters. The molecule has 50 heavy (non-hydrogen) atoms. The van der Waals surface area contributed by atoms with Gasteiger partial charge in [-0.2, -0.15) is 35.5 Å². The summed E-state index contributed by atoms with van der Waals surface area (Å²) in [7, 11) is -3.14. The van der Waals surface area contributed by atoms with Gasteiger partial charge in [0.05, 0.1) is 0 Å². The van der Waals surface area contributed by atoms with Crippen molar-refractivity contribution in [2.45, 2.75) is 6.92 Å². The molecule has 0 amide bonds. The van der Waals surface area contributed by atoms with Crippen LogP contribution >= 0.6 is 0 Å². The van der Waals surface area contributed by atoms with Gasteiger partial charge in [0.2, 0.25) is 0 Å². The second kappa shape index (κ2) is 12.8. The van der Waals surface area contributed by atoms with Crippen molar-refractivity contribution in [2.75, 3.05) is 0 Å². The zero-order valence-electron chi connectivity index (χ0n) is 30.2.